The summed E-state index contributed by atoms with van der Waals surface area (Å²) in [6.45, 7) is 3.46. The first kappa shape index (κ1) is 15.3. The summed E-state index contributed by atoms with van der Waals surface area (Å²) in [5, 5.41) is 1.28. The molecular weight excluding hydrogens is 263 g/mol. The molecule has 0 heterocycles. The first-order valence-electron chi connectivity index (χ1n) is 4.86. The molecule has 0 amide bonds. The first-order chi connectivity index (χ1) is 7.41. The Balaban J connectivity index is 0.00000144. The molecule has 0 radical (unpaired) electrons. The van der Waals surface area contributed by atoms with Crippen LogP contribution in [0.4, 0.5) is 0 Å². The summed E-state index contributed by atoms with van der Waals surface area (Å²) >= 11 is 0. The average molecular weight is 274 g/mol. The van der Waals surface area contributed by atoms with Gasteiger partial charge in [-0.15, -0.1) is 0 Å². The van der Waals surface area contributed by atoms with E-state index in [9.17, 15) is 13.0 Å². The van der Waals surface area contributed by atoms with Gasteiger partial charge in [-0.25, -0.2) is 8.42 Å². The van der Waals surface area contributed by atoms with Crippen LogP contribution >= 0.6 is 0 Å². The fourth-order valence-electron chi connectivity index (χ4n) is 1.87. The maximum Gasteiger partial charge on any atom is 1.00 e. The van der Waals surface area contributed by atoms with Crippen molar-refractivity contribution in [2.45, 2.75) is 18.7 Å². The fraction of sp³-hybridized carbons (Fsp3) is 0.167. The molecule has 0 saturated carbocycles. The van der Waals surface area contributed by atoms with E-state index in [-0.39, 0.29) is 56.3 Å². The van der Waals surface area contributed by atoms with Crippen LogP contribution in [-0.4, -0.2) is 13.0 Å². The third-order valence-electron chi connectivity index (χ3n) is 2.76. The summed E-state index contributed by atoms with van der Waals surface area (Å²) in [6, 6.07) is 8.90. The molecule has 0 unspecified atom stereocenters. The van der Waals surface area contributed by atoms with Crippen molar-refractivity contribution in [1.29, 1.82) is 0 Å². The van der Waals surface area contributed by atoms with Crippen LogP contribution in [-0.2, 0) is 10.1 Å². The zero-order chi connectivity index (χ0) is 11.9. The van der Waals surface area contributed by atoms with Gasteiger partial charge in [0.05, 0.1) is 4.90 Å². The molecule has 84 valence electrons. The maximum atomic E-state index is 11.3. The van der Waals surface area contributed by atoms with E-state index in [0.717, 1.165) is 10.9 Å². The largest absolute Gasteiger partial charge is 1.00 e. The molecule has 0 N–H and O–H groups in total. The smallest absolute Gasteiger partial charge is 0.744 e. The van der Waals surface area contributed by atoms with Crippen LogP contribution in [0.3, 0.4) is 0 Å². The van der Waals surface area contributed by atoms with E-state index in [1.807, 2.05) is 12.1 Å². The Labute approximate surface area is 143 Å². The first-order valence-corrected chi connectivity index (χ1v) is 6.27. The molecule has 3 nitrogen and oxygen atoms in total. The van der Waals surface area contributed by atoms with Gasteiger partial charge in [0.25, 0.3) is 0 Å². The number of rotatable bonds is 1. The van der Waals surface area contributed by atoms with Gasteiger partial charge in [0.1, 0.15) is 10.1 Å². The molecule has 0 aromatic heterocycles. The van der Waals surface area contributed by atoms with E-state index < -0.39 is 10.1 Å². The number of hydrogen-bond acceptors (Lipinski definition) is 3. The predicted molar refractivity (Wildman–Crippen MR) is 61.4 cm³/mol. The van der Waals surface area contributed by atoms with Gasteiger partial charge in [0, 0.05) is 0 Å². The Kier molecular flexibility index (Phi) is 4.94. The van der Waals surface area contributed by atoms with Gasteiger partial charge < -0.3 is 4.55 Å². The second-order valence-corrected chi connectivity index (χ2v) is 5.14. The molecule has 0 aliphatic carbocycles. The number of aryl methyl sites for hydroxylation is 1. The van der Waals surface area contributed by atoms with Crippen LogP contribution in [0, 0.1) is 13.8 Å². The van der Waals surface area contributed by atoms with Crippen LogP contribution in [0.1, 0.15) is 11.1 Å². The SMILES string of the molecule is Cc1cc2ccccc2c(S(=O)(=O)[O-])c1C.[K+]. The minimum Gasteiger partial charge on any atom is -0.744 e. The van der Waals surface area contributed by atoms with Crippen LogP contribution in [0.2, 0.25) is 0 Å². The van der Waals surface area contributed by atoms with Gasteiger partial charge in [-0.2, -0.15) is 0 Å². The third-order valence-corrected chi connectivity index (χ3v) is 3.79. The molecule has 0 bridgehead atoms. The second-order valence-electron chi connectivity index (χ2n) is 3.82. The van der Waals surface area contributed by atoms with E-state index in [0.29, 0.717) is 10.9 Å². The quantitative estimate of drug-likeness (QED) is 0.514. The summed E-state index contributed by atoms with van der Waals surface area (Å²) in [6.07, 6.45) is 0. The monoisotopic (exact) mass is 274 g/mol. The Bertz CT molecular complexity index is 663. The van der Waals surface area contributed by atoms with E-state index in [2.05, 4.69) is 0 Å². The number of benzene rings is 2. The van der Waals surface area contributed by atoms with Gasteiger partial charge in [-0.05, 0) is 35.7 Å². The molecule has 0 saturated heterocycles. The Morgan fingerprint density at radius 3 is 2.29 bits per heavy atom. The van der Waals surface area contributed by atoms with E-state index in [1.165, 1.54) is 0 Å². The second kappa shape index (κ2) is 5.48. The molecule has 17 heavy (non-hydrogen) atoms. The third kappa shape index (κ3) is 2.98. The Morgan fingerprint density at radius 1 is 1.12 bits per heavy atom. The van der Waals surface area contributed by atoms with Crippen molar-refractivity contribution in [2.24, 2.45) is 0 Å². The molecule has 0 aliphatic rings. The maximum absolute atomic E-state index is 11.3. The van der Waals surface area contributed by atoms with Crippen molar-refractivity contribution in [2.75, 3.05) is 0 Å². The topological polar surface area (TPSA) is 57.2 Å². The van der Waals surface area contributed by atoms with Crippen molar-refractivity contribution in [3.63, 3.8) is 0 Å². The van der Waals surface area contributed by atoms with Gasteiger partial charge >= 0.3 is 51.4 Å². The minimum atomic E-state index is -4.43. The standard InChI is InChI=1S/C12H12O3S.K/c1-8-7-10-5-3-4-6-11(10)12(9(8)2)16(13,14)15;/h3-7H,1-2H3,(H,13,14,15);/q;+1/p-1. The van der Waals surface area contributed by atoms with Crippen molar-refractivity contribution in [3.8, 4) is 0 Å². The molecule has 2 rings (SSSR count). The number of hydrogen-bond donors (Lipinski definition) is 0. The van der Waals surface area contributed by atoms with E-state index in [4.69, 9.17) is 0 Å². The zero-order valence-electron chi connectivity index (χ0n) is 10.0. The van der Waals surface area contributed by atoms with Crippen molar-refractivity contribution in [3.05, 3.63) is 41.5 Å². The van der Waals surface area contributed by atoms with Crippen molar-refractivity contribution >= 4 is 20.9 Å². The fourth-order valence-corrected chi connectivity index (χ4v) is 2.87. The molecule has 0 atom stereocenters. The Morgan fingerprint density at radius 2 is 1.71 bits per heavy atom. The predicted octanol–water partition coefficient (Wildman–Crippen LogP) is -0.635. The molecule has 0 aliphatic heterocycles. The van der Waals surface area contributed by atoms with Gasteiger partial charge in [-0.3, -0.25) is 0 Å². The van der Waals surface area contributed by atoms with Gasteiger partial charge in [0.2, 0.25) is 0 Å². The summed E-state index contributed by atoms with van der Waals surface area (Å²) in [5.74, 6) is 0. The van der Waals surface area contributed by atoms with E-state index in [1.54, 1.807) is 32.0 Å². The van der Waals surface area contributed by atoms with Crippen LogP contribution < -0.4 is 51.4 Å². The average Bonchev–Trinajstić information content (AvgIpc) is 2.17. The Hall–Kier alpha value is 0.246. The van der Waals surface area contributed by atoms with Crippen molar-refractivity contribution in [1.82, 2.24) is 0 Å². The summed E-state index contributed by atoms with van der Waals surface area (Å²) in [5.41, 5.74) is 1.35. The summed E-state index contributed by atoms with van der Waals surface area (Å²) in [7, 11) is -4.43. The molecule has 5 heteroatoms. The molecular formula is C12H11KO3S. The van der Waals surface area contributed by atoms with Crippen LogP contribution in [0.15, 0.2) is 35.2 Å². The van der Waals surface area contributed by atoms with E-state index >= 15 is 0 Å². The van der Waals surface area contributed by atoms with Crippen LogP contribution in [0.25, 0.3) is 10.8 Å². The molecule has 0 fully saturated rings. The normalized spacial score (nSPS) is 11.2. The van der Waals surface area contributed by atoms with Gasteiger partial charge in [-0.1, -0.05) is 30.3 Å². The van der Waals surface area contributed by atoms with Gasteiger partial charge in [0.15, 0.2) is 0 Å². The summed E-state index contributed by atoms with van der Waals surface area (Å²) < 4.78 is 33.8. The summed E-state index contributed by atoms with van der Waals surface area (Å²) in [4.78, 5) is -0.0944. The zero-order valence-corrected chi connectivity index (χ0v) is 14.0. The van der Waals surface area contributed by atoms with Crippen molar-refractivity contribution < 1.29 is 64.4 Å². The molecule has 0 spiro atoms. The van der Waals surface area contributed by atoms with Crippen LogP contribution in [0.5, 0.6) is 0 Å². The molecule has 2 aromatic rings. The number of fused-ring (bicyclic) bond motifs is 1. The molecule has 2 aromatic carbocycles. The minimum absolute atomic E-state index is 0.